The second-order valence-corrected chi connectivity index (χ2v) is 7.58. The predicted octanol–water partition coefficient (Wildman–Crippen LogP) is 5.07. The van der Waals surface area contributed by atoms with E-state index in [4.69, 9.17) is 21.1 Å². The Morgan fingerprint density at radius 3 is 2.86 bits per heavy atom. The van der Waals surface area contributed by atoms with Crippen LogP contribution >= 0.6 is 27.5 Å². The van der Waals surface area contributed by atoms with Crippen LogP contribution in [0.3, 0.4) is 0 Å². The molecule has 148 valence electrons. The number of benzene rings is 2. The first kappa shape index (κ1) is 20.7. The molecule has 0 radical (unpaired) electrons. The molecule has 0 bridgehead atoms. The number of aryl methyl sites for hydroxylation is 1. The van der Waals surface area contributed by atoms with Crippen LogP contribution < -0.4 is 14.8 Å². The molecule has 3 rings (SSSR count). The molecule has 2 aromatic carbocycles. The Labute approximate surface area is 178 Å². The summed E-state index contributed by atoms with van der Waals surface area (Å²) in [4.78, 5) is 4.05. The number of nitrogens with zero attached hydrogens (tertiary/aromatic N) is 2. The van der Waals surface area contributed by atoms with Gasteiger partial charge in [-0.25, -0.2) is 4.98 Å². The average molecular weight is 465 g/mol. The molecule has 0 aliphatic carbocycles. The topological polar surface area (TPSA) is 48.3 Å². The predicted molar refractivity (Wildman–Crippen MR) is 115 cm³/mol. The molecule has 0 atom stereocenters. The highest BCUT2D eigenvalue weighted by atomic mass is 79.9. The van der Waals surface area contributed by atoms with Crippen LogP contribution in [0.25, 0.3) is 0 Å². The summed E-state index contributed by atoms with van der Waals surface area (Å²) in [5, 5.41) is 4.15. The Morgan fingerprint density at radius 2 is 2.11 bits per heavy atom. The van der Waals surface area contributed by atoms with E-state index in [0.717, 1.165) is 41.7 Å². The molecular formula is C21H23BrClN3O2. The van der Waals surface area contributed by atoms with Crippen LogP contribution in [-0.2, 0) is 19.7 Å². The van der Waals surface area contributed by atoms with Gasteiger partial charge < -0.3 is 19.4 Å². The number of hydrogen-bond acceptors (Lipinski definition) is 4. The highest BCUT2D eigenvalue weighted by molar-refractivity contribution is 9.10. The van der Waals surface area contributed by atoms with Gasteiger partial charge in [-0.15, -0.1) is 0 Å². The van der Waals surface area contributed by atoms with Crippen molar-refractivity contribution in [3.8, 4) is 11.5 Å². The van der Waals surface area contributed by atoms with E-state index >= 15 is 0 Å². The van der Waals surface area contributed by atoms with Gasteiger partial charge in [0.1, 0.15) is 6.61 Å². The molecular weight excluding hydrogens is 442 g/mol. The van der Waals surface area contributed by atoms with Crippen molar-refractivity contribution in [2.45, 2.75) is 26.1 Å². The zero-order valence-corrected chi connectivity index (χ0v) is 18.0. The lowest BCUT2D eigenvalue weighted by Crippen LogP contribution is -2.16. The van der Waals surface area contributed by atoms with E-state index in [0.29, 0.717) is 23.1 Å². The van der Waals surface area contributed by atoms with Gasteiger partial charge in [-0.2, -0.15) is 0 Å². The van der Waals surface area contributed by atoms with E-state index in [1.165, 1.54) is 0 Å². The maximum Gasteiger partial charge on any atom is 0.175 e. The number of rotatable bonds is 10. The molecule has 1 heterocycles. The number of ether oxygens (including phenoxy) is 2. The van der Waals surface area contributed by atoms with Gasteiger partial charge in [-0.3, -0.25) is 0 Å². The fourth-order valence-corrected chi connectivity index (χ4v) is 3.61. The third kappa shape index (κ3) is 5.74. The molecule has 0 spiro atoms. The van der Waals surface area contributed by atoms with Crippen LogP contribution in [0.1, 0.15) is 17.5 Å². The van der Waals surface area contributed by atoms with Gasteiger partial charge in [0.25, 0.3) is 0 Å². The molecule has 0 aliphatic heterocycles. The largest absolute Gasteiger partial charge is 0.493 e. The summed E-state index contributed by atoms with van der Waals surface area (Å²) in [5.74, 6) is 1.36. The lowest BCUT2D eigenvalue weighted by Gasteiger charge is -2.15. The standard InChI is InChI=1S/C21H23BrClN3O2/c1-27-20-12-16(13-24-7-4-9-26-10-8-25-15-26)11-18(22)21(20)28-14-17-5-2-3-6-19(17)23/h2-3,5-6,8,10-12,15,24H,4,7,9,13-14H2,1H3. The molecule has 0 saturated carbocycles. The average Bonchev–Trinajstić information content (AvgIpc) is 3.21. The molecule has 1 aromatic heterocycles. The summed E-state index contributed by atoms with van der Waals surface area (Å²) >= 11 is 9.81. The van der Waals surface area contributed by atoms with Crippen molar-refractivity contribution in [1.29, 1.82) is 0 Å². The lowest BCUT2D eigenvalue weighted by atomic mass is 10.2. The zero-order chi connectivity index (χ0) is 19.8. The number of imidazole rings is 1. The van der Waals surface area contributed by atoms with Crippen molar-refractivity contribution in [3.63, 3.8) is 0 Å². The Morgan fingerprint density at radius 1 is 1.25 bits per heavy atom. The van der Waals surface area contributed by atoms with Gasteiger partial charge in [-0.05, 0) is 52.7 Å². The highest BCUT2D eigenvalue weighted by Gasteiger charge is 2.12. The first-order valence-electron chi connectivity index (χ1n) is 9.06. The van der Waals surface area contributed by atoms with E-state index in [-0.39, 0.29) is 0 Å². The first-order valence-corrected chi connectivity index (χ1v) is 10.2. The second-order valence-electron chi connectivity index (χ2n) is 6.32. The summed E-state index contributed by atoms with van der Waals surface area (Å²) < 4.78 is 14.4. The summed E-state index contributed by atoms with van der Waals surface area (Å²) in [7, 11) is 1.65. The molecule has 5 nitrogen and oxygen atoms in total. The summed E-state index contributed by atoms with van der Waals surface area (Å²) in [5.41, 5.74) is 2.05. The van der Waals surface area contributed by atoms with Crippen LogP contribution in [0.2, 0.25) is 5.02 Å². The van der Waals surface area contributed by atoms with E-state index in [1.807, 2.05) is 48.9 Å². The molecule has 3 aromatic rings. The molecule has 0 fully saturated rings. The molecule has 0 saturated heterocycles. The molecule has 1 N–H and O–H groups in total. The smallest absolute Gasteiger partial charge is 0.175 e. The van der Waals surface area contributed by atoms with Gasteiger partial charge in [-0.1, -0.05) is 29.8 Å². The van der Waals surface area contributed by atoms with Gasteiger partial charge in [0.05, 0.1) is 17.9 Å². The van der Waals surface area contributed by atoms with Crippen LogP contribution in [0.4, 0.5) is 0 Å². The third-order valence-corrected chi connectivity index (χ3v) is 5.24. The van der Waals surface area contributed by atoms with Gasteiger partial charge in [0.2, 0.25) is 0 Å². The minimum Gasteiger partial charge on any atom is -0.493 e. The summed E-state index contributed by atoms with van der Waals surface area (Å²) in [6.45, 7) is 3.00. The maximum absolute atomic E-state index is 6.21. The first-order chi connectivity index (χ1) is 13.7. The van der Waals surface area contributed by atoms with Crippen LogP contribution in [-0.4, -0.2) is 23.2 Å². The zero-order valence-electron chi connectivity index (χ0n) is 15.7. The molecule has 7 heteroatoms. The highest BCUT2D eigenvalue weighted by Crippen LogP contribution is 2.37. The fourth-order valence-electron chi connectivity index (χ4n) is 2.82. The maximum atomic E-state index is 6.21. The fraction of sp³-hybridized carbons (Fsp3) is 0.286. The second kappa shape index (κ2) is 10.5. The normalized spacial score (nSPS) is 10.8. The van der Waals surface area contributed by atoms with Crippen LogP contribution in [0.5, 0.6) is 11.5 Å². The molecule has 0 amide bonds. The van der Waals surface area contributed by atoms with Gasteiger partial charge >= 0.3 is 0 Å². The van der Waals surface area contributed by atoms with Crippen molar-refractivity contribution < 1.29 is 9.47 Å². The van der Waals surface area contributed by atoms with Crippen molar-refractivity contribution in [1.82, 2.24) is 14.9 Å². The number of hydrogen-bond donors (Lipinski definition) is 1. The SMILES string of the molecule is COc1cc(CNCCCn2ccnc2)cc(Br)c1OCc1ccccc1Cl. The quantitative estimate of drug-likeness (QED) is 0.426. The van der Waals surface area contributed by atoms with Gasteiger partial charge in [0.15, 0.2) is 11.5 Å². The molecule has 0 aliphatic rings. The van der Waals surface area contributed by atoms with Gasteiger partial charge in [0, 0.05) is 36.1 Å². The Bertz CT molecular complexity index is 887. The van der Waals surface area contributed by atoms with Crippen molar-refractivity contribution in [2.75, 3.05) is 13.7 Å². The monoisotopic (exact) mass is 463 g/mol. The number of nitrogens with one attached hydrogen (secondary N) is 1. The van der Waals surface area contributed by atoms with Crippen LogP contribution in [0, 0.1) is 0 Å². The third-order valence-electron chi connectivity index (χ3n) is 4.28. The minimum atomic E-state index is 0.375. The van der Waals surface area contributed by atoms with E-state index in [9.17, 15) is 0 Å². The summed E-state index contributed by atoms with van der Waals surface area (Å²) in [6, 6.07) is 11.7. The minimum absolute atomic E-state index is 0.375. The van der Waals surface area contributed by atoms with E-state index in [2.05, 4.69) is 30.8 Å². The number of halogens is 2. The molecule has 0 unspecified atom stereocenters. The Kier molecular flexibility index (Phi) is 7.77. The van der Waals surface area contributed by atoms with Crippen molar-refractivity contribution in [3.05, 3.63) is 75.7 Å². The Hall–Kier alpha value is -2.02. The van der Waals surface area contributed by atoms with E-state index < -0.39 is 0 Å². The lowest BCUT2D eigenvalue weighted by molar-refractivity contribution is 0.282. The van der Waals surface area contributed by atoms with Crippen molar-refractivity contribution in [2.24, 2.45) is 0 Å². The van der Waals surface area contributed by atoms with Crippen LogP contribution in [0.15, 0.2) is 59.6 Å². The number of methoxy groups -OCH3 is 1. The number of aromatic nitrogens is 2. The molecule has 28 heavy (non-hydrogen) atoms. The Balaban J connectivity index is 1.55. The summed E-state index contributed by atoms with van der Waals surface area (Å²) in [6.07, 6.45) is 6.65. The van der Waals surface area contributed by atoms with E-state index in [1.54, 1.807) is 13.3 Å². The van der Waals surface area contributed by atoms with Crippen molar-refractivity contribution >= 4 is 27.5 Å².